The highest BCUT2D eigenvalue weighted by atomic mass is 16.5. The molecule has 0 aromatic carbocycles. The zero-order valence-corrected chi connectivity index (χ0v) is 14.2. The van der Waals surface area contributed by atoms with Crippen LogP contribution in [-0.4, -0.2) is 36.1 Å². The number of rotatable bonds is 2. The summed E-state index contributed by atoms with van der Waals surface area (Å²) in [7, 11) is 0. The predicted octanol–water partition coefficient (Wildman–Crippen LogP) is 2.01. The molecule has 3 aromatic rings. The quantitative estimate of drug-likeness (QED) is 0.762. The van der Waals surface area contributed by atoms with Gasteiger partial charge in [-0.25, -0.2) is 24.9 Å². The van der Waals surface area contributed by atoms with Gasteiger partial charge in [-0.3, -0.25) is 0 Å². The molecular weight excluding hydrogens is 318 g/mol. The molecule has 1 fully saturated rings. The second kappa shape index (κ2) is 4.95. The monoisotopic (exact) mass is 337 g/mol. The Kier molecular flexibility index (Phi) is 2.91. The van der Waals surface area contributed by atoms with Crippen molar-refractivity contribution in [3.63, 3.8) is 0 Å². The number of anilines is 1. The van der Waals surface area contributed by atoms with Crippen molar-refractivity contribution >= 4 is 17.1 Å². The van der Waals surface area contributed by atoms with Gasteiger partial charge in [0.2, 0.25) is 5.95 Å². The summed E-state index contributed by atoms with van der Waals surface area (Å²) in [4.78, 5) is 22.6. The van der Waals surface area contributed by atoms with Gasteiger partial charge in [0.05, 0.1) is 17.9 Å². The normalized spacial score (nSPS) is 19.1. The van der Waals surface area contributed by atoms with Crippen molar-refractivity contribution in [2.24, 2.45) is 0 Å². The fourth-order valence-electron chi connectivity index (χ4n) is 3.37. The lowest BCUT2D eigenvalue weighted by Crippen LogP contribution is -2.33. The lowest BCUT2D eigenvalue weighted by atomic mass is 10.1. The van der Waals surface area contributed by atoms with Crippen LogP contribution >= 0.6 is 0 Å². The van der Waals surface area contributed by atoms with E-state index in [2.05, 4.69) is 14.5 Å². The highest BCUT2D eigenvalue weighted by molar-refractivity contribution is 5.78. The minimum absolute atomic E-state index is 0.243. The topological polar surface area (TPSA) is 105 Å². The molecule has 5 rings (SSSR count). The standard InChI is InChI=1S/C17H19N7O/c1-17(2)15-22-12-11(9-3-4-9)21-13(10-7-19-16(18)20-8-10)23-14(12)24(15)5-6-25-17/h7-9H,3-6H2,1-2H3,(H2,18,19,20). The van der Waals surface area contributed by atoms with Crippen LogP contribution < -0.4 is 5.73 Å². The van der Waals surface area contributed by atoms with Crippen LogP contribution in [0.15, 0.2) is 12.4 Å². The predicted molar refractivity (Wildman–Crippen MR) is 91.7 cm³/mol. The van der Waals surface area contributed by atoms with Crippen molar-refractivity contribution < 1.29 is 4.74 Å². The lowest BCUT2D eigenvalue weighted by Gasteiger charge is -2.30. The molecule has 0 spiro atoms. The Morgan fingerprint density at radius 2 is 1.92 bits per heavy atom. The van der Waals surface area contributed by atoms with Crippen molar-refractivity contribution in [2.45, 2.75) is 44.8 Å². The largest absolute Gasteiger partial charge is 0.368 e. The first-order chi connectivity index (χ1) is 12.0. The molecular formula is C17H19N7O. The van der Waals surface area contributed by atoms with Crippen LogP contribution in [0.5, 0.6) is 0 Å². The van der Waals surface area contributed by atoms with Gasteiger partial charge in [0.25, 0.3) is 0 Å². The van der Waals surface area contributed by atoms with E-state index in [0.717, 1.165) is 47.6 Å². The summed E-state index contributed by atoms with van der Waals surface area (Å²) in [6.07, 6.45) is 5.62. The third-order valence-corrected chi connectivity index (χ3v) is 4.83. The van der Waals surface area contributed by atoms with E-state index < -0.39 is 5.60 Å². The van der Waals surface area contributed by atoms with Gasteiger partial charge in [0.15, 0.2) is 11.5 Å². The summed E-state index contributed by atoms with van der Waals surface area (Å²) >= 11 is 0. The van der Waals surface area contributed by atoms with Crippen LogP contribution in [0.1, 0.15) is 44.1 Å². The first-order valence-electron chi connectivity index (χ1n) is 8.53. The highest BCUT2D eigenvalue weighted by Gasteiger charge is 2.36. The number of ether oxygens (including phenoxy) is 1. The smallest absolute Gasteiger partial charge is 0.219 e. The molecule has 25 heavy (non-hydrogen) atoms. The van der Waals surface area contributed by atoms with Crippen molar-refractivity contribution in [3.05, 3.63) is 23.9 Å². The molecule has 2 aliphatic rings. The summed E-state index contributed by atoms with van der Waals surface area (Å²) in [5.74, 6) is 2.24. The van der Waals surface area contributed by atoms with Crippen molar-refractivity contribution in [1.82, 2.24) is 29.5 Å². The van der Waals surface area contributed by atoms with E-state index >= 15 is 0 Å². The molecule has 1 saturated carbocycles. The maximum Gasteiger partial charge on any atom is 0.219 e. The summed E-state index contributed by atoms with van der Waals surface area (Å²) in [5, 5.41) is 0. The number of aromatic nitrogens is 6. The van der Waals surface area contributed by atoms with E-state index in [-0.39, 0.29) is 5.95 Å². The molecule has 4 heterocycles. The lowest BCUT2D eigenvalue weighted by molar-refractivity contribution is -0.0530. The van der Waals surface area contributed by atoms with E-state index in [1.54, 1.807) is 12.4 Å². The van der Waals surface area contributed by atoms with Crippen molar-refractivity contribution in [2.75, 3.05) is 12.3 Å². The minimum atomic E-state index is -0.426. The van der Waals surface area contributed by atoms with Crippen LogP contribution in [0, 0.1) is 0 Å². The van der Waals surface area contributed by atoms with E-state index in [1.165, 1.54) is 0 Å². The Bertz CT molecular complexity index is 973. The van der Waals surface area contributed by atoms with Crippen LogP contribution in [0.2, 0.25) is 0 Å². The van der Waals surface area contributed by atoms with Gasteiger partial charge in [-0.2, -0.15) is 0 Å². The van der Waals surface area contributed by atoms with Gasteiger partial charge in [-0.15, -0.1) is 0 Å². The second-order valence-corrected chi connectivity index (χ2v) is 7.15. The van der Waals surface area contributed by atoms with Crippen LogP contribution in [-0.2, 0) is 16.9 Å². The van der Waals surface area contributed by atoms with Gasteiger partial charge in [-0.05, 0) is 26.7 Å². The van der Waals surface area contributed by atoms with Crippen LogP contribution in [0.3, 0.4) is 0 Å². The Morgan fingerprint density at radius 1 is 1.16 bits per heavy atom. The fraction of sp³-hybridized carbons (Fsp3) is 0.471. The summed E-state index contributed by atoms with van der Waals surface area (Å²) in [6.45, 7) is 5.48. The number of hydrogen-bond donors (Lipinski definition) is 1. The first-order valence-corrected chi connectivity index (χ1v) is 8.53. The molecule has 2 N–H and O–H groups in total. The molecule has 1 aliphatic carbocycles. The van der Waals surface area contributed by atoms with Gasteiger partial charge in [-0.1, -0.05) is 0 Å². The number of nitrogen functional groups attached to an aromatic ring is 1. The van der Waals surface area contributed by atoms with E-state index in [9.17, 15) is 0 Å². The highest BCUT2D eigenvalue weighted by Crippen LogP contribution is 2.43. The third kappa shape index (κ3) is 2.28. The van der Waals surface area contributed by atoms with E-state index in [0.29, 0.717) is 18.3 Å². The van der Waals surface area contributed by atoms with Gasteiger partial charge in [0, 0.05) is 24.9 Å². The molecule has 3 aromatic heterocycles. The number of nitrogens with two attached hydrogens (primary N) is 1. The molecule has 8 nitrogen and oxygen atoms in total. The first kappa shape index (κ1) is 14.7. The van der Waals surface area contributed by atoms with Crippen molar-refractivity contribution in [3.8, 4) is 11.4 Å². The fourth-order valence-corrected chi connectivity index (χ4v) is 3.37. The maximum atomic E-state index is 5.90. The zero-order valence-electron chi connectivity index (χ0n) is 14.2. The second-order valence-electron chi connectivity index (χ2n) is 7.15. The van der Waals surface area contributed by atoms with Crippen molar-refractivity contribution in [1.29, 1.82) is 0 Å². The summed E-state index contributed by atoms with van der Waals surface area (Å²) in [5.41, 5.74) is 8.73. The van der Waals surface area contributed by atoms with E-state index in [4.69, 9.17) is 25.4 Å². The molecule has 0 bridgehead atoms. The molecule has 0 radical (unpaired) electrons. The average molecular weight is 337 g/mol. The molecule has 1 aliphatic heterocycles. The SMILES string of the molecule is CC1(C)OCCn2c1nc1c(C3CC3)nc(-c3cnc(N)nc3)nc12. The van der Waals surface area contributed by atoms with E-state index in [1.807, 2.05) is 13.8 Å². The number of nitrogens with zero attached hydrogens (tertiary/aromatic N) is 6. The Balaban J connectivity index is 1.77. The zero-order chi connectivity index (χ0) is 17.2. The van der Waals surface area contributed by atoms with Crippen LogP contribution in [0.4, 0.5) is 5.95 Å². The number of hydrogen-bond acceptors (Lipinski definition) is 7. The Labute approximate surface area is 144 Å². The molecule has 0 unspecified atom stereocenters. The Morgan fingerprint density at radius 3 is 2.64 bits per heavy atom. The number of imidazole rings is 1. The summed E-state index contributed by atoms with van der Waals surface area (Å²) < 4.78 is 8.06. The van der Waals surface area contributed by atoms with Gasteiger partial charge >= 0.3 is 0 Å². The maximum absolute atomic E-state index is 5.90. The Hall–Kier alpha value is -2.61. The van der Waals surface area contributed by atoms with Crippen LogP contribution in [0.25, 0.3) is 22.6 Å². The third-order valence-electron chi connectivity index (χ3n) is 4.83. The number of fused-ring (bicyclic) bond motifs is 3. The molecule has 0 amide bonds. The molecule has 8 heteroatoms. The minimum Gasteiger partial charge on any atom is -0.368 e. The summed E-state index contributed by atoms with van der Waals surface area (Å²) in [6, 6.07) is 0. The molecule has 128 valence electrons. The van der Waals surface area contributed by atoms with Gasteiger partial charge < -0.3 is 15.0 Å². The molecule has 0 atom stereocenters. The van der Waals surface area contributed by atoms with Gasteiger partial charge in [0.1, 0.15) is 16.9 Å². The average Bonchev–Trinajstić information content (AvgIpc) is 3.36. The molecule has 0 saturated heterocycles.